The third-order valence-corrected chi connectivity index (χ3v) is 2.69. The summed E-state index contributed by atoms with van der Waals surface area (Å²) in [6.07, 6.45) is 5.67. The maximum Gasteiger partial charge on any atom is 0.233 e. The van der Waals surface area contributed by atoms with Gasteiger partial charge in [-0.2, -0.15) is 10.2 Å². The van der Waals surface area contributed by atoms with Gasteiger partial charge in [0.2, 0.25) is 5.88 Å². The lowest BCUT2D eigenvalue weighted by Crippen LogP contribution is -2.06. The van der Waals surface area contributed by atoms with Crippen LogP contribution in [0.5, 0.6) is 5.88 Å². The molecule has 15 heavy (non-hydrogen) atoms. The van der Waals surface area contributed by atoms with E-state index in [-0.39, 0.29) is 5.41 Å². The first-order chi connectivity index (χ1) is 7.24. The van der Waals surface area contributed by atoms with Crippen molar-refractivity contribution in [3.05, 3.63) is 17.5 Å². The van der Waals surface area contributed by atoms with Gasteiger partial charge in [0.05, 0.1) is 30.5 Å². The molecule has 0 unspecified atom stereocenters. The van der Waals surface area contributed by atoms with Gasteiger partial charge >= 0.3 is 0 Å². The van der Waals surface area contributed by atoms with Crippen LogP contribution in [0.2, 0.25) is 5.15 Å². The minimum atomic E-state index is -0.133. The molecule has 0 spiro atoms. The first kappa shape index (κ1) is 10.2. The summed E-state index contributed by atoms with van der Waals surface area (Å²) in [5.74, 6) is 0.413. The van der Waals surface area contributed by atoms with Gasteiger partial charge in [-0.15, -0.1) is 0 Å². The molecule has 1 aromatic heterocycles. The lowest BCUT2D eigenvalue weighted by Gasteiger charge is -2.06. The number of nitriles is 1. The summed E-state index contributed by atoms with van der Waals surface area (Å²) in [6.45, 7) is 0.489. The number of hydrogen-bond donors (Lipinski definition) is 0. The van der Waals surface area contributed by atoms with Crippen LogP contribution in [-0.2, 0) is 0 Å². The Balaban J connectivity index is 1.82. The molecule has 4 nitrogen and oxygen atoms in total. The van der Waals surface area contributed by atoms with Crippen LogP contribution in [0.25, 0.3) is 0 Å². The van der Waals surface area contributed by atoms with Gasteiger partial charge < -0.3 is 4.74 Å². The maximum absolute atomic E-state index is 8.84. The van der Waals surface area contributed by atoms with E-state index in [4.69, 9.17) is 21.6 Å². The highest BCUT2D eigenvalue weighted by atomic mass is 35.5. The molecule has 2 rings (SSSR count). The van der Waals surface area contributed by atoms with E-state index < -0.39 is 0 Å². The highest BCUT2D eigenvalue weighted by molar-refractivity contribution is 6.29. The van der Waals surface area contributed by atoms with Gasteiger partial charge in [-0.1, -0.05) is 11.6 Å². The minimum Gasteiger partial charge on any atom is -0.476 e. The van der Waals surface area contributed by atoms with Crippen molar-refractivity contribution in [2.75, 3.05) is 6.61 Å². The van der Waals surface area contributed by atoms with Crippen LogP contribution >= 0.6 is 11.6 Å². The summed E-state index contributed by atoms with van der Waals surface area (Å²) >= 11 is 5.65. The average molecular weight is 224 g/mol. The first-order valence-corrected chi connectivity index (χ1v) is 5.13. The number of ether oxygens (including phenoxy) is 1. The number of aromatic nitrogens is 2. The van der Waals surface area contributed by atoms with Gasteiger partial charge in [-0.3, -0.25) is 4.98 Å². The van der Waals surface area contributed by atoms with E-state index in [2.05, 4.69) is 16.0 Å². The lowest BCUT2D eigenvalue weighted by molar-refractivity contribution is 0.277. The Morgan fingerprint density at radius 1 is 1.53 bits per heavy atom. The molecule has 1 heterocycles. The molecule has 5 heteroatoms. The Kier molecular flexibility index (Phi) is 2.74. The predicted octanol–water partition coefficient (Wildman–Crippen LogP) is 2.20. The van der Waals surface area contributed by atoms with Crippen LogP contribution in [0.4, 0.5) is 0 Å². The number of hydrogen-bond acceptors (Lipinski definition) is 4. The maximum atomic E-state index is 8.84. The molecule has 0 bridgehead atoms. The molecule has 1 fully saturated rings. The van der Waals surface area contributed by atoms with Crippen LogP contribution in [0, 0.1) is 16.7 Å². The van der Waals surface area contributed by atoms with E-state index in [1.807, 2.05) is 0 Å². The van der Waals surface area contributed by atoms with E-state index >= 15 is 0 Å². The molecule has 1 aromatic rings. The third-order valence-electron chi connectivity index (χ3n) is 2.50. The van der Waals surface area contributed by atoms with Crippen LogP contribution in [0.1, 0.15) is 19.3 Å². The van der Waals surface area contributed by atoms with Gasteiger partial charge in [-0.05, 0) is 12.8 Å². The standard InChI is InChI=1S/C10H10ClN3O/c11-8-5-13-6-9(14-8)15-4-3-10(7-12)1-2-10/h5-6H,1-4H2. The zero-order chi connectivity index (χ0) is 10.7. The normalized spacial score (nSPS) is 16.8. The van der Waals surface area contributed by atoms with Gasteiger partial charge in [-0.25, -0.2) is 0 Å². The van der Waals surface area contributed by atoms with E-state index in [0.717, 1.165) is 19.3 Å². The molecule has 0 amide bonds. The Labute approximate surface area is 92.9 Å². The Morgan fingerprint density at radius 3 is 2.93 bits per heavy atom. The van der Waals surface area contributed by atoms with E-state index in [9.17, 15) is 0 Å². The van der Waals surface area contributed by atoms with Gasteiger partial charge in [0.25, 0.3) is 0 Å². The smallest absolute Gasteiger partial charge is 0.233 e. The van der Waals surface area contributed by atoms with Crippen LogP contribution in [0.3, 0.4) is 0 Å². The third kappa shape index (κ3) is 2.57. The van der Waals surface area contributed by atoms with Crippen molar-refractivity contribution in [3.63, 3.8) is 0 Å². The Hall–Kier alpha value is -1.34. The zero-order valence-electron chi connectivity index (χ0n) is 8.11. The lowest BCUT2D eigenvalue weighted by atomic mass is 10.1. The number of rotatable bonds is 4. The van der Waals surface area contributed by atoms with Crippen molar-refractivity contribution in [2.45, 2.75) is 19.3 Å². The molecular formula is C10H10ClN3O. The molecule has 0 aliphatic heterocycles. The minimum absolute atomic E-state index is 0.133. The monoisotopic (exact) mass is 223 g/mol. The van der Waals surface area contributed by atoms with Crippen molar-refractivity contribution in [3.8, 4) is 11.9 Å². The summed E-state index contributed by atoms with van der Waals surface area (Å²) in [7, 11) is 0. The topological polar surface area (TPSA) is 58.8 Å². The summed E-state index contributed by atoms with van der Waals surface area (Å²) in [4.78, 5) is 7.79. The van der Waals surface area contributed by atoms with Crippen molar-refractivity contribution >= 4 is 11.6 Å². The largest absolute Gasteiger partial charge is 0.476 e. The van der Waals surface area contributed by atoms with Gasteiger partial charge in [0.1, 0.15) is 0 Å². The molecule has 1 aliphatic rings. The summed E-state index contributed by atoms with van der Waals surface area (Å²) < 4.78 is 5.36. The second-order valence-electron chi connectivity index (χ2n) is 3.67. The van der Waals surface area contributed by atoms with Crippen LogP contribution < -0.4 is 4.74 Å². The molecule has 78 valence electrons. The van der Waals surface area contributed by atoms with E-state index in [1.54, 1.807) is 0 Å². The summed E-state index contributed by atoms with van der Waals surface area (Å²) in [5, 5.41) is 9.16. The predicted molar refractivity (Wildman–Crippen MR) is 54.4 cm³/mol. The van der Waals surface area contributed by atoms with Crippen LogP contribution in [-0.4, -0.2) is 16.6 Å². The molecular weight excluding hydrogens is 214 g/mol. The number of halogens is 1. The SMILES string of the molecule is N#CC1(CCOc2cncc(Cl)n2)CC1. The fourth-order valence-corrected chi connectivity index (χ4v) is 1.45. The molecule has 0 atom stereocenters. The molecule has 0 N–H and O–H groups in total. The fourth-order valence-electron chi connectivity index (χ4n) is 1.31. The van der Waals surface area contributed by atoms with Crippen molar-refractivity contribution < 1.29 is 4.74 Å². The summed E-state index contributed by atoms with van der Waals surface area (Å²) in [5.41, 5.74) is -0.133. The second-order valence-corrected chi connectivity index (χ2v) is 4.06. The van der Waals surface area contributed by atoms with E-state index in [0.29, 0.717) is 17.6 Å². The van der Waals surface area contributed by atoms with Gasteiger partial charge in [0.15, 0.2) is 5.15 Å². The molecule has 1 saturated carbocycles. The Morgan fingerprint density at radius 2 is 2.33 bits per heavy atom. The van der Waals surface area contributed by atoms with Gasteiger partial charge in [0, 0.05) is 6.42 Å². The van der Waals surface area contributed by atoms with Crippen molar-refractivity contribution in [1.82, 2.24) is 9.97 Å². The molecule has 0 saturated heterocycles. The summed E-state index contributed by atoms with van der Waals surface area (Å²) in [6, 6.07) is 2.31. The fraction of sp³-hybridized carbons (Fsp3) is 0.500. The Bertz CT molecular complexity index is 398. The second kappa shape index (κ2) is 4.03. The highest BCUT2D eigenvalue weighted by Crippen LogP contribution is 2.47. The quantitative estimate of drug-likeness (QED) is 0.785. The number of nitrogens with zero attached hydrogens (tertiary/aromatic N) is 3. The van der Waals surface area contributed by atoms with Crippen LogP contribution in [0.15, 0.2) is 12.4 Å². The van der Waals surface area contributed by atoms with E-state index in [1.165, 1.54) is 12.4 Å². The van der Waals surface area contributed by atoms with Crippen molar-refractivity contribution in [1.29, 1.82) is 5.26 Å². The first-order valence-electron chi connectivity index (χ1n) is 4.76. The molecule has 1 aliphatic carbocycles. The average Bonchev–Trinajstić information content (AvgIpc) is 2.99. The molecule has 0 aromatic carbocycles. The van der Waals surface area contributed by atoms with Crippen molar-refractivity contribution in [2.24, 2.45) is 5.41 Å². The molecule has 0 radical (unpaired) electrons. The highest BCUT2D eigenvalue weighted by Gasteiger charge is 2.42. The zero-order valence-corrected chi connectivity index (χ0v) is 8.87.